The first-order chi connectivity index (χ1) is 8.00. The van der Waals surface area contributed by atoms with Gasteiger partial charge in [0, 0.05) is 25.2 Å². The van der Waals surface area contributed by atoms with Crippen molar-refractivity contribution in [3.63, 3.8) is 0 Å². The summed E-state index contributed by atoms with van der Waals surface area (Å²) in [5.74, 6) is -0.192. The zero-order valence-corrected chi connectivity index (χ0v) is 9.66. The third kappa shape index (κ3) is 2.57. The molecule has 5 heteroatoms. The Morgan fingerprint density at radius 1 is 1.53 bits per heavy atom. The van der Waals surface area contributed by atoms with E-state index in [-0.39, 0.29) is 18.2 Å². The van der Waals surface area contributed by atoms with Gasteiger partial charge in [0.15, 0.2) is 0 Å². The van der Waals surface area contributed by atoms with E-state index in [0.29, 0.717) is 18.7 Å². The normalized spacial score (nSPS) is 17.3. The first kappa shape index (κ1) is 11.9. The van der Waals surface area contributed by atoms with E-state index >= 15 is 0 Å². The minimum atomic E-state index is -0.831. The number of hydrogen-bond acceptors (Lipinski definition) is 4. The topological polar surface area (TPSA) is 81.6 Å². The van der Waals surface area contributed by atoms with E-state index in [1.54, 1.807) is 19.1 Å². The molecular weight excluding hydrogens is 220 g/mol. The summed E-state index contributed by atoms with van der Waals surface area (Å²) in [6.45, 7) is 2.96. The van der Waals surface area contributed by atoms with Crippen molar-refractivity contribution in [2.75, 3.05) is 19.6 Å². The van der Waals surface area contributed by atoms with Crippen molar-refractivity contribution in [1.29, 1.82) is 0 Å². The quantitative estimate of drug-likeness (QED) is 0.584. The summed E-state index contributed by atoms with van der Waals surface area (Å²) < 4.78 is 0. The highest BCUT2D eigenvalue weighted by molar-refractivity contribution is 5.94. The van der Waals surface area contributed by atoms with Crippen LogP contribution in [0.4, 0.5) is 0 Å². The van der Waals surface area contributed by atoms with Gasteiger partial charge in [-0.05, 0) is 24.6 Å². The highest BCUT2D eigenvalue weighted by Crippen LogP contribution is 2.17. The second-order valence-electron chi connectivity index (χ2n) is 4.51. The average Bonchev–Trinajstić information content (AvgIpc) is 2.27. The Labute approximate surface area is 99.5 Å². The molecule has 2 rings (SSSR count). The van der Waals surface area contributed by atoms with Crippen LogP contribution in [0.5, 0.6) is 5.75 Å². The second-order valence-corrected chi connectivity index (χ2v) is 4.51. The minimum Gasteiger partial charge on any atom is -0.508 e. The molecule has 1 aliphatic rings. The minimum absolute atomic E-state index is 0.0988. The molecule has 1 heterocycles. The molecule has 1 fully saturated rings. The zero-order valence-electron chi connectivity index (χ0n) is 9.66. The maximum absolute atomic E-state index is 11.7. The van der Waals surface area contributed by atoms with Crippen LogP contribution in [0.3, 0.4) is 0 Å². The number of phenols is 1. The van der Waals surface area contributed by atoms with Crippen molar-refractivity contribution in [2.45, 2.75) is 12.5 Å². The molecular formula is C12H16N2O3. The number of benzene rings is 1. The van der Waals surface area contributed by atoms with Crippen molar-refractivity contribution in [1.82, 2.24) is 10.6 Å². The number of aromatic hydroxyl groups is 1. The van der Waals surface area contributed by atoms with Crippen molar-refractivity contribution in [2.24, 2.45) is 0 Å². The van der Waals surface area contributed by atoms with Gasteiger partial charge in [-0.25, -0.2) is 0 Å². The molecule has 4 N–H and O–H groups in total. The molecule has 1 aliphatic heterocycles. The van der Waals surface area contributed by atoms with Crippen LogP contribution in [-0.2, 0) is 0 Å². The summed E-state index contributed by atoms with van der Waals surface area (Å²) in [5, 5.41) is 24.9. The van der Waals surface area contributed by atoms with Crippen molar-refractivity contribution in [3.8, 4) is 5.75 Å². The van der Waals surface area contributed by atoms with E-state index < -0.39 is 5.60 Å². The predicted molar refractivity (Wildman–Crippen MR) is 63.0 cm³/mol. The largest absolute Gasteiger partial charge is 0.508 e. The van der Waals surface area contributed by atoms with Crippen LogP contribution in [0.1, 0.15) is 15.9 Å². The third-order valence-electron chi connectivity index (χ3n) is 2.96. The molecule has 1 aromatic carbocycles. The fraction of sp³-hybridized carbons (Fsp3) is 0.417. The Morgan fingerprint density at radius 3 is 2.76 bits per heavy atom. The Balaban J connectivity index is 1.97. The van der Waals surface area contributed by atoms with Crippen LogP contribution in [0.25, 0.3) is 0 Å². The number of phenolic OH excluding ortho intramolecular Hbond substituents is 1. The highest BCUT2D eigenvalue weighted by Gasteiger charge is 2.34. The molecule has 1 amide bonds. The number of carbonyl (C=O) groups is 1. The number of amides is 1. The fourth-order valence-corrected chi connectivity index (χ4v) is 1.64. The summed E-state index contributed by atoms with van der Waals surface area (Å²) >= 11 is 0. The average molecular weight is 236 g/mol. The maximum Gasteiger partial charge on any atom is 0.251 e. The predicted octanol–water partition coefficient (Wildman–Crippen LogP) is -0.235. The van der Waals surface area contributed by atoms with E-state index in [1.165, 1.54) is 6.07 Å². The molecule has 0 bridgehead atoms. The molecule has 0 spiro atoms. The summed E-state index contributed by atoms with van der Waals surface area (Å²) in [5.41, 5.74) is 0.287. The van der Waals surface area contributed by atoms with Crippen molar-refractivity contribution >= 4 is 5.91 Å². The van der Waals surface area contributed by atoms with Gasteiger partial charge < -0.3 is 20.8 Å². The van der Waals surface area contributed by atoms with Gasteiger partial charge in [-0.1, -0.05) is 6.07 Å². The van der Waals surface area contributed by atoms with E-state index in [9.17, 15) is 15.0 Å². The third-order valence-corrected chi connectivity index (χ3v) is 2.96. The molecule has 0 aromatic heterocycles. The van der Waals surface area contributed by atoms with Crippen LogP contribution in [-0.4, -0.2) is 41.4 Å². The van der Waals surface area contributed by atoms with E-state index in [1.807, 2.05) is 0 Å². The summed E-state index contributed by atoms with van der Waals surface area (Å²) in [6, 6.07) is 4.76. The fourth-order valence-electron chi connectivity index (χ4n) is 1.64. The summed E-state index contributed by atoms with van der Waals surface area (Å²) in [6.07, 6.45) is 0. The number of aryl methyl sites for hydroxylation is 1. The van der Waals surface area contributed by atoms with Gasteiger partial charge >= 0.3 is 0 Å². The molecule has 0 saturated carbocycles. The van der Waals surface area contributed by atoms with Crippen LogP contribution in [0.2, 0.25) is 0 Å². The van der Waals surface area contributed by atoms with Gasteiger partial charge in [-0.3, -0.25) is 4.79 Å². The van der Waals surface area contributed by atoms with Crippen LogP contribution >= 0.6 is 0 Å². The molecule has 0 radical (unpaired) electrons. The number of β-amino-alcohol motifs (C(OH)–C–C–N with tert-alkyl or cyclic N) is 1. The molecule has 1 saturated heterocycles. The lowest BCUT2D eigenvalue weighted by molar-refractivity contribution is -0.00759. The Bertz CT molecular complexity index is 441. The zero-order chi connectivity index (χ0) is 12.5. The van der Waals surface area contributed by atoms with Crippen molar-refractivity contribution in [3.05, 3.63) is 29.3 Å². The number of hydrogen-bond donors (Lipinski definition) is 4. The molecule has 1 aromatic rings. The van der Waals surface area contributed by atoms with E-state index in [2.05, 4.69) is 10.6 Å². The van der Waals surface area contributed by atoms with E-state index in [4.69, 9.17) is 0 Å². The van der Waals surface area contributed by atoms with Gasteiger partial charge in [-0.2, -0.15) is 0 Å². The number of nitrogens with one attached hydrogen (secondary N) is 2. The second kappa shape index (κ2) is 4.35. The number of carbonyl (C=O) groups excluding carboxylic acids is 1. The van der Waals surface area contributed by atoms with Crippen molar-refractivity contribution < 1.29 is 15.0 Å². The Morgan fingerprint density at radius 2 is 2.24 bits per heavy atom. The summed E-state index contributed by atoms with van der Waals surface area (Å²) in [4.78, 5) is 11.7. The number of rotatable bonds is 3. The lowest BCUT2D eigenvalue weighted by Crippen LogP contribution is -2.64. The molecule has 0 aliphatic carbocycles. The molecule has 17 heavy (non-hydrogen) atoms. The van der Waals surface area contributed by atoms with Gasteiger partial charge in [0.25, 0.3) is 5.91 Å². The summed E-state index contributed by atoms with van der Waals surface area (Å²) in [7, 11) is 0. The maximum atomic E-state index is 11.7. The lowest BCUT2D eigenvalue weighted by atomic mass is 9.97. The van der Waals surface area contributed by atoms with E-state index in [0.717, 1.165) is 5.56 Å². The van der Waals surface area contributed by atoms with Crippen LogP contribution in [0.15, 0.2) is 18.2 Å². The molecule has 92 valence electrons. The first-order valence-electron chi connectivity index (χ1n) is 5.51. The molecule has 5 nitrogen and oxygen atoms in total. The smallest absolute Gasteiger partial charge is 0.251 e. The van der Waals surface area contributed by atoms with Gasteiger partial charge in [-0.15, -0.1) is 0 Å². The standard InChI is InChI=1S/C12H16N2O3/c1-8-2-3-9(4-10(8)15)11(16)14-7-12(17)5-13-6-12/h2-4,13,15,17H,5-7H2,1H3,(H,14,16). The number of aliphatic hydroxyl groups is 1. The molecule has 0 unspecified atom stereocenters. The highest BCUT2D eigenvalue weighted by atomic mass is 16.3. The SMILES string of the molecule is Cc1ccc(C(=O)NCC2(O)CNC2)cc1O. The first-order valence-corrected chi connectivity index (χ1v) is 5.51. The van der Waals surface area contributed by atoms with Gasteiger partial charge in [0.2, 0.25) is 0 Å². The lowest BCUT2D eigenvalue weighted by Gasteiger charge is -2.37. The van der Waals surface area contributed by atoms with Crippen LogP contribution < -0.4 is 10.6 Å². The monoisotopic (exact) mass is 236 g/mol. The van der Waals surface area contributed by atoms with Gasteiger partial charge in [0.05, 0.1) is 0 Å². The molecule has 0 atom stereocenters. The van der Waals surface area contributed by atoms with Gasteiger partial charge in [0.1, 0.15) is 11.4 Å². The Hall–Kier alpha value is -1.59. The Kier molecular flexibility index (Phi) is 3.04. The van der Waals surface area contributed by atoms with Crippen LogP contribution in [0, 0.1) is 6.92 Å².